The second-order valence-electron chi connectivity index (χ2n) is 6.87. The first-order chi connectivity index (χ1) is 12.4. The van der Waals surface area contributed by atoms with E-state index < -0.39 is 17.2 Å². The molecular formula is C19H24ClFN4O2. The van der Waals surface area contributed by atoms with Gasteiger partial charge in [0.25, 0.3) is 5.91 Å². The minimum absolute atomic E-state index is 0. The monoisotopic (exact) mass is 394 g/mol. The van der Waals surface area contributed by atoms with Crippen LogP contribution in [0.1, 0.15) is 35.9 Å². The van der Waals surface area contributed by atoms with Crippen molar-refractivity contribution in [1.82, 2.24) is 14.7 Å². The summed E-state index contributed by atoms with van der Waals surface area (Å²) in [6.07, 6.45) is 1.80. The lowest BCUT2D eigenvalue weighted by Crippen LogP contribution is -2.46. The molecule has 0 saturated carbocycles. The molecule has 2 N–H and O–H groups in total. The second-order valence-corrected chi connectivity index (χ2v) is 6.87. The quantitative estimate of drug-likeness (QED) is 0.866. The molecule has 27 heavy (non-hydrogen) atoms. The van der Waals surface area contributed by atoms with Gasteiger partial charge in [0.05, 0.1) is 0 Å². The highest BCUT2D eigenvalue weighted by molar-refractivity contribution is 5.92. The molecule has 8 heteroatoms. The molecule has 2 aromatic rings. The number of likely N-dealkylation sites (tertiary alicyclic amines) is 1. The minimum atomic E-state index is -0.472. The highest BCUT2D eigenvalue weighted by Gasteiger charge is 2.29. The third kappa shape index (κ3) is 4.36. The van der Waals surface area contributed by atoms with E-state index >= 15 is 0 Å². The number of hydrogen-bond donors (Lipinski definition) is 1. The first-order valence-electron chi connectivity index (χ1n) is 8.79. The van der Waals surface area contributed by atoms with Crippen molar-refractivity contribution in [3.63, 3.8) is 0 Å². The lowest BCUT2D eigenvalue weighted by Gasteiger charge is -2.34. The minimum Gasteiger partial charge on any atom is -0.337 e. The molecule has 1 fully saturated rings. The van der Waals surface area contributed by atoms with Gasteiger partial charge in [-0.2, -0.15) is 5.10 Å². The van der Waals surface area contributed by atoms with E-state index in [4.69, 9.17) is 5.73 Å². The molecule has 0 bridgehead atoms. The standard InChI is InChI=1S/C19H23FN4O2.ClH/c1-12-10-17(25)18(22-24(12)16-8-4-3-7-15(16)20)19(26)23-9-5-6-14(11-23)13(2)21;/h3-4,7-8,10,13-14H,5-6,9,11,21H2,1-2H3;1H. The van der Waals surface area contributed by atoms with Gasteiger partial charge in [0.2, 0.25) is 5.43 Å². The lowest BCUT2D eigenvalue weighted by atomic mass is 9.92. The molecule has 1 saturated heterocycles. The number of hydrogen-bond acceptors (Lipinski definition) is 4. The summed E-state index contributed by atoms with van der Waals surface area (Å²) in [6.45, 7) is 4.65. The van der Waals surface area contributed by atoms with Crippen LogP contribution in [0, 0.1) is 18.7 Å². The molecule has 1 amide bonds. The van der Waals surface area contributed by atoms with E-state index in [1.165, 1.54) is 16.8 Å². The van der Waals surface area contributed by atoms with Gasteiger partial charge in [-0.3, -0.25) is 9.59 Å². The summed E-state index contributed by atoms with van der Waals surface area (Å²) < 4.78 is 15.4. The highest BCUT2D eigenvalue weighted by atomic mass is 35.5. The first kappa shape index (κ1) is 21.1. The number of rotatable bonds is 3. The van der Waals surface area contributed by atoms with Crippen LogP contribution >= 0.6 is 12.4 Å². The number of nitrogens with zero attached hydrogens (tertiary/aromatic N) is 3. The normalized spacial score (nSPS) is 17.9. The molecule has 1 aliphatic heterocycles. The molecule has 1 aromatic heterocycles. The summed E-state index contributed by atoms with van der Waals surface area (Å²) in [5.41, 5.74) is 5.99. The maximum atomic E-state index is 14.1. The average Bonchev–Trinajstić information content (AvgIpc) is 2.62. The molecule has 2 atom stereocenters. The summed E-state index contributed by atoms with van der Waals surface area (Å²) in [7, 11) is 0. The van der Waals surface area contributed by atoms with Crippen molar-refractivity contribution in [2.24, 2.45) is 11.7 Å². The smallest absolute Gasteiger partial charge is 0.278 e. The number of aryl methyl sites for hydroxylation is 1. The Hall–Kier alpha value is -2.25. The van der Waals surface area contributed by atoms with Crippen LogP contribution < -0.4 is 11.2 Å². The molecule has 0 spiro atoms. The fraction of sp³-hybridized carbons (Fsp3) is 0.421. The molecule has 0 aliphatic carbocycles. The number of nitrogens with two attached hydrogens (primary N) is 1. The molecule has 6 nitrogen and oxygen atoms in total. The van der Waals surface area contributed by atoms with Gasteiger partial charge in [-0.1, -0.05) is 12.1 Å². The van der Waals surface area contributed by atoms with E-state index in [-0.39, 0.29) is 35.7 Å². The van der Waals surface area contributed by atoms with E-state index in [2.05, 4.69) is 5.10 Å². The number of amides is 1. The molecule has 2 unspecified atom stereocenters. The van der Waals surface area contributed by atoms with E-state index in [0.29, 0.717) is 18.8 Å². The van der Waals surface area contributed by atoms with Gasteiger partial charge in [-0.15, -0.1) is 12.4 Å². The summed E-state index contributed by atoms with van der Waals surface area (Å²) in [5, 5.41) is 4.19. The van der Waals surface area contributed by atoms with Crippen LogP contribution in [0.4, 0.5) is 4.39 Å². The highest BCUT2D eigenvalue weighted by Crippen LogP contribution is 2.20. The molecule has 1 aromatic carbocycles. The number of carbonyl (C=O) groups excluding carboxylic acids is 1. The zero-order valence-corrected chi connectivity index (χ0v) is 16.2. The summed E-state index contributed by atoms with van der Waals surface area (Å²) in [6, 6.07) is 7.42. The average molecular weight is 395 g/mol. The van der Waals surface area contributed by atoms with Crippen LogP contribution in [0.15, 0.2) is 35.1 Å². The Bertz CT molecular complexity index is 884. The van der Waals surface area contributed by atoms with Gasteiger partial charge < -0.3 is 10.6 Å². The van der Waals surface area contributed by atoms with Gasteiger partial charge in [0, 0.05) is 30.9 Å². The Morgan fingerprint density at radius 2 is 2.07 bits per heavy atom. The Morgan fingerprint density at radius 1 is 1.37 bits per heavy atom. The number of halogens is 2. The predicted molar refractivity (Wildman–Crippen MR) is 104 cm³/mol. The lowest BCUT2D eigenvalue weighted by molar-refractivity contribution is 0.0651. The Labute approximate surface area is 163 Å². The Kier molecular flexibility index (Phi) is 6.73. The number of carbonyl (C=O) groups is 1. The van der Waals surface area contributed by atoms with Gasteiger partial charge in [0.15, 0.2) is 5.69 Å². The molecule has 2 heterocycles. The maximum Gasteiger partial charge on any atom is 0.278 e. The summed E-state index contributed by atoms with van der Waals surface area (Å²) in [5.74, 6) is -0.697. The van der Waals surface area contributed by atoms with Crippen LogP contribution in [-0.4, -0.2) is 39.7 Å². The second kappa shape index (κ2) is 8.63. The summed E-state index contributed by atoms with van der Waals surface area (Å²) >= 11 is 0. The SMILES string of the molecule is Cc1cc(=O)c(C(=O)N2CCCC(C(C)N)C2)nn1-c1ccccc1F.Cl. The zero-order chi connectivity index (χ0) is 18.8. The van der Waals surface area contributed by atoms with Crippen LogP contribution in [0.25, 0.3) is 5.69 Å². The Morgan fingerprint density at radius 3 is 2.74 bits per heavy atom. The largest absolute Gasteiger partial charge is 0.337 e. The van der Waals surface area contributed by atoms with Crippen LogP contribution in [0.3, 0.4) is 0 Å². The van der Waals surface area contributed by atoms with Crippen LogP contribution in [-0.2, 0) is 0 Å². The number of aromatic nitrogens is 2. The number of piperidine rings is 1. The van der Waals surface area contributed by atoms with E-state index in [1.54, 1.807) is 30.0 Å². The van der Waals surface area contributed by atoms with E-state index in [9.17, 15) is 14.0 Å². The van der Waals surface area contributed by atoms with Crippen molar-refractivity contribution in [2.45, 2.75) is 32.7 Å². The molecule has 1 aliphatic rings. The maximum absolute atomic E-state index is 14.1. The van der Waals surface area contributed by atoms with Crippen molar-refractivity contribution in [3.05, 3.63) is 57.8 Å². The third-order valence-corrected chi connectivity index (χ3v) is 4.88. The van der Waals surface area contributed by atoms with Crippen molar-refractivity contribution < 1.29 is 9.18 Å². The topological polar surface area (TPSA) is 81.2 Å². The van der Waals surface area contributed by atoms with Gasteiger partial charge in [-0.25, -0.2) is 9.07 Å². The third-order valence-electron chi connectivity index (χ3n) is 4.88. The summed E-state index contributed by atoms with van der Waals surface area (Å²) in [4.78, 5) is 26.9. The molecule has 146 valence electrons. The van der Waals surface area contributed by atoms with Crippen LogP contribution in [0.2, 0.25) is 0 Å². The molecule has 0 radical (unpaired) electrons. The Balaban J connectivity index is 0.00000261. The van der Waals surface area contributed by atoms with Crippen molar-refractivity contribution in [3.8, 4) is 5.69 Å². The number of para-hydroxylation sites is 1. The predicted octanol–water partition coefficient (Wildman–Crippen LogP) is 2.30. The van der Waals surface area contributed by atoms with E-state index in [0.717, 1.165) is 12.8 Å². The first-order valence-corrected chi connectivity index (χ1v) is 8.79. The van der Waals surface area contributed by atoms with Crippen molar-refractivity contribution in [1.29, 1.82) is 0 Å². The van der Waals surface area contributed by atoms with Crippen molar-refractivity contribution in [2.75, 3.05) is 13.1 Å². The zero-order valence-electron chi connectivity index (χ0n) is 15.4. The fourth-order valence-electron chi connectivity index (χ4n) is 3.34. The van der Waals surface area contributed by atoms with Gasteiger partial charge in [0.1, 0.15) is 11.5 Å². The van der Waals surface area contributed by atoms with Crippen molar-refractivity contribution >= 4 is 18.3 Å². The number of benzene rings is 1. The van der Waals surface area contributed by atoms with Gasteiger partial charge in [-0.05, 0) is 44.7 Å². The van der Waals surface area contributed by atoms with Crippen LogP contribution in [0.5, 0.6) is 0 Å². The van der Waals surface area contributed by atoms with Gasteiger partial charge >= 0.3 is 0 Å². The molecule has 3 rings (SSSR count). The molecular weight excluding hydrogens is 371 g/mol. The fourth-order valence-corrected chi connectivity index (χ4v) is 3.34. The van der Waals surface area contributed by atoms with E-state index in [1.807, 2.05) is 6.92 Å².